The van der Waals surface area contributed by atoms with Gasteiger partial charge in [-0.25, -0.2) is 0 Å². The maximum absolute atomic E-state index is 13.0. The molecule has 1 aromatic heterocycles. The largest absolute Gasteiger partial charge is 0.484 e. The highest BCUT2D eigenvalue weighted by Crippen LogP contribution is 2.26. The highest BCUT2D eigenvalue weighted by molar-refractivity contribution is 5.84. The normalized spacial score (nSPS) is 11.8. The van der Waals surface area contributed by atoms with Gasteiger partial charge in [0, 0.05) is 12.6 Å². The van der Waals surface area contributed by atoms with Gasteiger partial charge < -0.3 is 19.6 Å². The predicted molar refractivity (Wildman–Crippen MR) is 123 cm³/mol. The van der Waals surface area contributed by atoms with Crippen LogP contribution >= 0.6 is 0 Å². The Balaban J connectivity index is 1.43. The minimum absolute atomic E-state index is 0.0836. The van der Waals surface area contributed by atoms with E-state index in [4.69, 9.17) is 9.15 Å². The van der Waals surface area contributed by atoms with Crippen LogP contribution in [0.5, 0.6) is 5.75 Å². The highest BCUT2D eigenvalue weighted by Gasteiger charge is 2.14. The first-order valence-electron chi connectivity index (χ1n) is 10.3. The average Bonchev–Trinajstić information content (AvgIpc) is 2.82. The summed E-state index contributed by atoms with van der Waals surface area (Å²) in [5.41, 5.74) is 2.33. The summed E-state index contributed by atoms with van der Waals surface area (Å²) in [6.45, 7) is 1.61. The van der Waals surface area contributed by atoms with E-state index in [-0.39, 0.29) is 24.5 Å². The monoisotopic (exact) mass is 429 g/mol. The maximum atomic E-state index is 13.0. The Bertz CT molecular complexity index is 1280. The number of rotatable bonds is 7. The topological polar surface area (TPSA) is 88.8 Å². The number of hydrogen-bond acceptors (Lipinski definition) is 5. The van der Waals surface area contributed by atoms with Crippen molar-refractivity contribution in [3.05, 3.63) is 100 Å². The summed E-state index contributed by atoms with van der Waals surface area (Å²) >= 11 is 0. The van der Waals surface area contributed by atoms with Gasteiger partial charge in [0.2, 0.25) is 5.43 Å². The fourth-order valence-corrected chi connectivity index (χ4v) is 3.52. The molecule has 6 nitrogen and oxygen atoms in total. The fraction of sp³-hybridized carbons (Fsp3) is 0.154. The van der Waals surface area contributed by atoms with Gasteiger partial charge in [0.15, 0.2) is 6.61 Å². The summed E-state index contributed by atoms with van der Waals surface area (Å²) in [4.78, 5) is 25.1. The van der Waals surface area contributed by atoms with Gasteiger partial charge >= 0.3 is 0 Å². The molecule has 0 radical (unpaired) electrons. The zero-order valence-corrected chi connectivity index (χ0v) is 17.6. The van der Waals surface area contributed by atoms with Crippen molar-refractivity contribution in [2.24, 2.45) is 0 Å². The number of aryl methyl sites for hydroxylation is 1. The van der Waals surface area contributed by atoms with E-state index in [2.05, 4.69) is 5.32 Å². The van der Waals surface area contributed by atoms with E-state index in [9.17, 15) is 14.7 Å². The van der Waals surface area contributed by atoms with E-state index in [0.717, 1.165) is 11.1 Å². The lowest BCUT2D eigenvalue weighted by molar-refractivity contribution is -0.123. The Morgan fingerprint density at radius 3 is 2.44 bits per heavy atom. The van der Waals surface area contributed by atoms with Gasteiger partial charge in [0.25, 0.3) is 5.91 Å². The second-order valence-electron chi connectivity index (χ2n) is 7.41. The van der Waals surface area contributed by atoms with Crippen LogP contribution in [0.3, 0.4) is 0 Å². The number of amides is 1. The molecule has 1 atom stereocenters. The minimum Gasteiger partial charge on any atom is -0.484 e. The average molecular weight is 429 g/mol. The molecule has 4 aromatic rings. The first-order chi connectivity index (χ1) is 15.5. The number of nitrogens with one attached hydrogen (secondary N) is 1. The smallest absolute Gasteiger partial charge is 0.258 e. The van der Waals surface area contributed by atoms with E-state index in [1.54, 1.807) is 37.3 Å². The Morgan fingerprint density at radius 1 is 1.03 bits per heavy atom. The molecule has 0 bridgehead atoms. The van der Waals surface area contributed by atoms with Crippen LogP contribution in [-0.2, 0) is 4.79 Å². The summed E-state index contributed by atoms with van der Waals surface area (Å²) in [6.07, 6.45) is -0.795. The third-order valence-electron chi connectivity index (χ3n) is 5.15. The molecule has 0 spiro atoms. The second kappa shape index (κ2) is 9.49. The standard InChI is InChI=1S/C26H23NO5/c1-17-25(19-10-6-3-7-11-19)26(30)21-13-12-20(14-23(21)32-17)31-16-24(29)27-15-22(28)18-8-4-2-5-9-18/h2-14,22,28H,15-16H2,1H3,(H,27,29)/t22-/m0/s1. The van der Waals surface area contributed by atoms with Crippen molar-refractivity contribution >= 4 is 16.9 Å². The van der Waals surface area contributed by atoms with Crippen molar-refractivity contribution in [3.8, 4) is 16.9 Å². The number of fused-ring (bicyclic) bond motifs is 1. The van der Waals surface area contributed by atoms with Crippen LogP contribution in [-0.4, -0.2) is 24.2 Å². The summed E-state index contributed by atoms with van der Waals surface area (Å²) in [5.74, 6) is 0.557. The fourth-order valence-electron chi connectivity index (χ4n) is 3.52. The molecule has 0 aliphatic heterocycles. The summed E-state index contributed by atoms with van der Waals surface area (Å²) < 4.78 is 11.4. The van der Waals surface area contributed by atoms with Crippen LogP contribution in [0.1, 0.15) is 17.4 Å². The molecule has 1 amide bonds. The van der Waals surface area contributed by atoms with Crippen molar-refractivity contribution in [2.45, 2.75) is 13.0 Å². The number of aliphatic hydroxyl groups is 1. The molecule has 3 aromatic carbocycles. The van der Waals surface area contributed by atoms with E-state index >= 15 is 0 Å². The lowest BCUT2D eigenvalue weighted by Crippen LogP contribution is -2.32. The van der Waals surface area contributed by atoms with Gasteiger partial charge in [0.05, 0.1) is 17.1 Å². The van der Waals surface area contributed by atoms with Crippen LogP contribution in [0.15, 0.2) is 88.1 Å². The van der Waals surface area contributed by atoms with Crippen LogP contribution in [0.2, 0.25) is 0 Å². The molecule has 0 aliphatic carbocycles. The van der Waals surface area contributed by atoms with Crippen LogP contribution < -0.4 is 15.5 Å². The third kappa shape index (κ3) is 4.71. The minimum atomic E-state index is -0.795. The third-order valence-corrected chi connectivity index (χ3v) is 5.15. The number of carbonyl (C=O) groups excluding carboxylic acids is 1. The van der Waals surface area contributed by atoms with Gasteiger partial charge in [-0.3, -0.25) is 9.59 Å². The van der Waals surface area contributed by atoms with Crippen molar-refractivity contribution < 1.29 is 19.1 Å². The van der Waals surface area contributed by atoms with E-state index in [1.807, 2.05) is 48.5 Å². The predicted octanol–water partition coefficient (Wildman–Crippen LogP) is 4.00. The number of aliphatic hydroxyl groups excluding tert-OH is 1. The SMILES string of the molecule is Cc1oc2cc(OCC(=O)NC[C@H](O)c3ccccc3)ccc2c(=O)c1-c1ccccc1. The van der Waals surface area contributed by atoms with Gasteiger partial charge in [-0.2, -0.15) is 0 Å². The molecule has 4 rings (SSSR count). The summed E-state index contributed by atoms with van der Waals surface area (Å²) in [5, 5.41) is 13.2. The quantitative estimate of drug-likeness (QED) is 0.464. The van der Waals surface area contributed by atoms with Gasteiger partial charge in [0.1, 0.15) is 17.1 Å². The first kappa shape index (κ1) is 21.3. The Morgan fingerprint density at radius 2 is 1.72 bits per heavy atom. The number of benzene rings is 3. The zero-order chi connectivity index (χ0) is 22.5. The van der Waals surface area contributed by atoms with E-state index in [0.29, 0.717) is 28.0 Å². The highest BCUT2D eigenvalue weighted by atomic mass is 16.5. The van der Waals surface area contributed by atoms with Crippen molar-refractivity contribution in [1.29, 1.82) is 0 Å². The molecule has 0 saturated carbocycles. The Labute approximate surface area is 185 Å². The molecule has 32 heavy (non-hydrogen) atoms. The molecule has 0 aliphatic rings. The molecule has 162 valence electrons. The van der Waals surface area contributed by atoms with E-state index < -0.39 is 6.10 Å². The molecule has 2 N–H and O–H groups in total. The molecule has 0 fully saturated rings. The maximum Gasteiger partial charge on any atom is 0.258 e. The van der Waals surface area contributed by atoms with Crippen LogP contribution in [0, 0.1) is 6.92 Å². The Kier molecular flexibility index (Phi) is 6.33. The van der Waals surface area contributed by atoms with Crippen molar-refractivity contribution in [1.82, 2.24) is 5.32 Å². The molecule has 1 heterocycles. The van der Waals surface area contributed by atoms with Gasteiger partial charge in [-0.1, -0.05) is 60.7 Å². The molecular formula is C26H23NO5. The van der Waals surface area contributed by atoms with Crippen LogP contribution in [0.4, 0.5) is 0 Å². The first-order valence-corrected chi connectivity index (χ1v) is 10.3. The molecular weight excluding hydrogens is 406 g/mol. The van der Waals surface area contributed by atoms with Crippen molar-refractivity contribution in [2.75, 3.05) is 13.2 Å². The summed E-state index contributed by atoms with van der Waals surface area (Å²) in [7, 11) is 0. The molecule has 0 unspecified atom stereocenters. The van der Waals surface area contributed by atoms with E-state index in [1.165, 1.54) is 0 Å². The van der Waals surface area contributed by atoms with Gasteiger partial charge in [-0.15, -0.1) is 0 Å². The number of hydrogen-bond donors (Lipinski definition) is 2. The molecule has 0 saturated heterocycles. The second-order valence-corrected chi connectivity index (χ2v) is 7.41. The zero-order valence-electron chi connectivity index (χ0n) is 17.6. The summed E-state index contributed by atoms with van der Waals surface area (Å²) in [6, 6.07) is 23.4. The molecule has 6 heteroatoms. The van der Waals surface area contributed by atoms with Crippen molar-refractivity contribution in [3.63, 3.8) is 0 Å². The van der Waals surface area contributed by atoms with Crippen LogP contribution in [0.25, 0.3) is 22.1 Å². The Hall–Kier alpha value is -3.90. The lowest BCUT2D eigenvalue weighted by Gasteiger charge is -2.13. The number of carbonyl (C=O) groups is 1. The lowest BCUT2D eigenvalue weighted by atomic mass is 10.0. The number of ether oxygens (including phenoxy) is 1. The van der Waals surface area contributed by atoms with Gasteiger partial charge in [-0.05, 0) is 30.2 Å².